The molecule has 90 valence electrons. The maximum atomic E-state index is 5.74. The van der Waals surface area contributed by atoms with E-state index in [-0.39, 0.29) is 0 Å². The highest BCUT2D eigenvalue weighted by molar-refractivity contribution is 7.98. The lowest BCUT2D eigenvalue weighted by Crippen LogP contribution is -2.02. The van der Waals surface area contributed by atoms with Crippen molar-refractivity contribution in [3.63, 3.8) is 0 Å². The van der Waals surface area contributed by atoms with Gasteiger partial charge in [0, 0.05) is 4.90 Å². The van der Waals surface area contributed by atoms with Crippen molar-refractivity contribution in [3.8, 4) is 11.5 Å². The molecule has 2 nitrogen and oxygen atoms in total. The van der Waals surface area contributed by atoms with Crippen LogP contribution in [0.2, 0.25) is 0 Å². The lowest BCUT2D eigenvalue weighted by Gasteiger charge is -2.12. The Kier molecular flexibility index (Phi) is 5.53. The van der Waals surface area contributed by atoms with Gasteiger partial charge in [0.05, 0.1) is 13.7 Å². The summed E-state index contributed by atoms with van der Waals surface area (Å²) in [6, 6.07) is 6.03. The second-order valence-electron chi connectivity index (χ2n) is 4.05. The zero-order valence-corrected chi connectivity index (χ0v) is 11.3. The van der Waals surface area contributed by atoms with E-state index in [1.807, 2.05) is 18.2 Å². The highest BCUT2D eigenvalue weighted by Gasteiger charge is 2.05. The van der Waals surface area contributed by atoms with Gasteiger partial charge in [0.25, 0.3) is 0 Å². The first kappa shape index (κ1) is 13.2. The molecule has 0 aliphatic rings. The summed E-state index contributed by atoms with van der Waals surface area (Å²) >= 11 is 1.71. The summed E-state index contributed by atoms with van der Waals surface area (Å²) in [6.45, 7) is 5.13. The number of benzene rings is 1. The third kappa shape index (κ3) is 3.97. The van der Waals surface area contributed by atoms with Crippen molar-refractivity contribution >= 4 is 11.8 Å². The predicted octanol–water partition coefficient (Wildman–Crippen LogP) is 3.84. The molecule has 1 rings (SSSR count). The first-order chi connectivity index (χ1) is 7.67. The quantitative estimate of drug-likeness (QED) is 0.704. The van der Waals surface area contributed by atoms with Crippen LogP contribution in [0.5, 0.6) is 11.5 Å². The largest absolute Gasteiger partial charge is 0.493 e. The smallest absolute Gasteiger partial charge is 0.162 e. The van der Waals surface area contributed by atoms with Crippen LogP contribution in [0.3, 0.4) is 0 Å². The van der Waals surface area contributed by atoms with Crippen LogP contribution in [-0.2, 0) is 0 Å². The summed E-state index contributed by atoms with van der Waals surface area (Å²) in [6.07, 6.45) is 3.12. The molecule has 0 amide bonds. The van der Waals surface area contributed by atoms with Gasteiger partial charge in [0.15, 0.2) is 11.5 Å². The van der Waals surface area contributed by atoms with Crippen LogP contribution in [0.4, 0.5) is 0 Å². The molecule has 0 saturated carbocycles. The molecule has 1 aromatic carbocycles. The van der Waals surface area contributed by atoms with E-state index in [0.29, 0.717) is 5.92 Å². The predicted molar refractivity (Wildman–Crippen MR) is 69.7 cm³/mol. The Bertz CT molecular complexity index is 324. The molecule has 0 heterocycles. The number of ether oxygens (including phenoxy) is 2. The maximum absolute atomic E-state index is 5.74. The Labute approximate surface area is 102 Å². The SMILES string of the molecule is COc1ccc(SC)cc1OCCC(C)C. The van der Waals surface area contributed by atoms with Crippen LogP contribution < -0.4 is 9.47 Å². The molecule has 0 aromatic heterocycles. The lowest BCUT2D eigenvalue weighted by atomic mass is 10.1. The van der Waals surface area contributed by atoms with E-state index in [1.165, 1.54) is 4.90 Å². The fourth-order valence-corrected chi connectivity index (χ4v) is 1.73. The highest BCUT2D eigenvalue weighted by atomic mass is 32.2. The molecule has 0 N–H and O–H groups in total. The van der Waals surface area contributed by atoms with Crippen molar-refractivity contribution in [2.24, 2.45) is 5.92 Å². The summed E-state index contributed by atoms with van der Waals surface area (Å²) < 4.78 is 11.0. The Balaban J connectivity index is 2.67. The number of rotatable bonds is 6. The first-order valence-electron chi connectivity index (χ1n) is 5.52. The van der Waals surface area contributed by atoms with Crippen molar-refractivity contribution in [2.75, 3.05) is 20.0 Å². The van der Waals surface area contributed by atoms with Crippen LogP contribution in [0.15, 0.2) is 23.1 Å². The molecule has 3 heteroatoms. The van der Waals surface area contributed by atoms with Crippen molar-refractivity contribution in [1.29, 1.82) is 0 Å². The number of hydrogen-bond acceptors (Lipinski definition) is 3. The van der Waals surface area contributed by atoms with Gasteiger partial charge in [-0.2, -0.15) is 0 Å². The van der Waals surface area contributed by atoms with E-state index >= 15 is 0 Å². The van der Waals surface area contributed by atoms with Crippen LogP contribution in [0.25, 0.3) is 0 Å². The molecule has 0 radical (unpaired) electrons. The molecule has 16 heavy (non-hydrogen) atoms. The Hall–Kier alpha value is -0.830. The molecular weight excluding hydrogens is 220 g/mol. The van der Waals surface area contributed by atoms with E-state index in [4.69, 9.17) is 9.47 Å². The first-order valence-corrected chi connectivity index (χ1v) is 6.74. The average Bonchev–Trinajstić information content (AvgIpc) is 2.28. The maximum Gasteiger partial charge on any atom is 0.162 e. The van der Waals surface area contributed by atoms with Crippen LogP contribution >= 0.6 is 11.8 Å². The van der Waals surface area contributed by atoms with Crippen LogP contribution in [0.1, 0.15) is 20.3 Å². The van der Waals surface area contributed by atoms with E-state index < -0.39 is 0 Å². The summed E-state index contributed by atoms with van der Waals surface area (Å²) in [5.74, 6) is 2.31. The third-order valence-corrected chi connectivity index (χ3v) is 3.05. The minimum Gasteiger partial charge on any atom is -0.493 e. The molecule has 0 bridgehead atoms. The standard InChI is InChI=1S/C13H20O2S/c1-10(2)7-8-15-13-9-11(16-4)5-6-12(13)14-3/h5-6,9-10H,7-8H2,1-4H3. The van der Waals surface area contributed by atoms with Crippen molar-refractivity contribution in [2.45, 2.75) is 25.2 Å². The normalized spacial score (nSPS) is 10.6. The van der Waals surface area contributed by atoms with E-state index in [2.05, 4.69) is 20.1 Å². The molecule has 1 aromatic rings. The summed E-state index contributed by atoms with van der Waals surface area (Å²) in [4.78, 5) is 1.19. The van der Waals surface area contributed by atoms with Gasteiger partial charge in [0.2, 0.25) is 0 Å². The number of thioether (sulfide) groups is 1. The summed E-state index contributed by atoms with van der Waals surface area (Å²) in [5.41, 5.74) is 0. The molecule has 0 unspecified atom stereocenters. The minimum atomic E-state index is 0.662. The van der Waals surface area contributed by atoms with Gasteiger partial charge in [-0.15, -0.1) is 11.8 Å². The molecule has 0 fully saturated rings. The number of methoxy groups -OCH3 is 1. The Morgan fingerprint density at radius 2 is 2.00 bits per heavy atom. The van der Waals surface area contributed by atoms with Crippen molar-refractivity contribution in [1.82, 2.24) is 0 Å². The van der Waals surface area contributed by atoms with Gasteiger partial charge in [-0.1, -0.05) is 13.8 Å². The lowest BCUT2D eigenvalue weighted by molar-refractivity contribution is 0.272. The minimum absolute atomic E-state index is 0.662. The molecule has 0 aliphatic carbocycles. The fraction of sp³-hybridized carbons (Fsp3) is 0.538. The zero-order valence-electron chi connectivity index (χ0n) is 10.4. The highest BCUT2D eigenvalue weighted by Crippen LogP contribution is 2.31. The third-order valence-electron chi connectivity index (χ3n) is 2.32. The molecule has 0 atom stereocenters. The summed E-state index contributed by atoms with van der Waals surface area (Å²) in [5, 5.41) is 0. The van der Waals surface area contributed by atoms with Gasteiger partial charge in [-0.25, -0.2) is 0 Å². The fourth-order valence-electron chi connectivity index (χ4n) is 1.30. The number of hydrogen-bond donors (Lipinski definition) is 0. The Morgan fingerprint density at radius 1 is 1.25 bits per heavy atom. The average molecular weight is 240 g/mol. The van der Waals surface area contributed by atoms with Gasteiger partial charge in [-0.3, -0.25) is 0 Å². The summed E-state index contributed by atoms with van der Waals surface area (Å²) in [7, 11) is 1.67. The van der Waals surface area contributed by atoms with E-state index in [1.54, 1.807) is 18.9 Å². The van der Waals surface area contributed by atoms with Crippen LogP contribution in [0, 0.1) is 5.92 Å². The van der Waals surface area contributed by atoms with Gasteiger partial charge >= 0.3 is 0 Å². The van der Waals surface area contributed by atoms with Gasteiger partial charge in [-0.05, 0) is 36.8 Å². The van der Waals surface area contributed by atoms with E-state index in [9.17, 15) is 0 Å². The van der Waals surface area contributed by atoms with Crippen molar-refractivity contribution in [3.05, 3.63) is 18.2 Å². The van der Waals surface area contributed by atoms with E-state index in [0.717, 1.165) is 24.5 Å². The van der Waals surface area contributed by atoms with Gasteiger partial charge in [0.1, 0.15) is 0 Å². The van der Waals surface area contributed by atoms with Crippen molar-refractivity contribution < 1.29 is 9.47 Å². The van der Waals surface area contributed by atoms with Crippen LogP contribution in [-0.4, -0.2) is 20.0 Å². The Morgan fingerprint density at radius 3 is 2.56 bits per heavy atom. The monoisotopic (exact) mass is 240 g/mol. The van der Waals surface area contributed by atoms with Gasteiger partial charge < -0.3 is 9.47 Å². The second-order valence-corrected chi connectivity index (χ2v) is 4.93. The second kappa shape index (κ2) is 6.69. The zero-order chi connectivity index (χ0) is 12.0. The topological polar surface area (TPSA) is 18.5 Å². The molecule has 0 spiro atoms. The molecule has 0 saturated heterocycles. The molecule has 0 aliphatic heterocycles. The molecular formula is C13H20O2S.